The maximum atomic E-state index is 11.7. The Hall–Kier alpha value is -0.870. The highest BCUT2D eigenvalue weighted by Gasteiger charge is 2.34. The van der Waals surface area contributed by atoms with Gasteiger partial charge in [0.05, 0.1) is 7.11 Å². The van der Waals surface area contributed by atoms with E-state index in [4.69, 9.17) is 4.74 Å². The van der Waals surface area contributed by atoms with Crippen LogP contribution in [-0.2, 0) is 16.0 Å². The van der Waals surface area contributed by atoms with Crippen molar-refractivity contribution in [1.82, 2.24) is 5.32 Å². The van der Waals surface area contributed by atoms with Crippen molar-refractivity contribution >= 4 is 21.9 Å². The van der Waals surface area contributed by atoms with Gasteiger partial charge in [-0.3, -0.25) is 10.1 Å². The van der Waals surface area contributed by atoms with Crippen molar-refractivity contribution in [3.63, 3.8) is 0 Å². The molecule has 0 fully saturated rings. The second-order valence-electron chi connectivity index (χ2n) is 5.20. The molecule has 1 aromatic rings. The lowest BCUT2D eigenvalue weighted by Gasteiger charge is -2.27. The van der Waals surface area contributed by atoms with Gasteiger partial charge in [0.1, 0.15) is 5.54 Å². The van der Waals surface area contributed by atoms with Crippen LogP contribution in [0.25, 0.3) is 0 Å². The average Bonchev–Trinajstić information content (AvgIpc) is 2.69. The van der Waals surface area contributed by atoms with Gasteiger partial charge in [-0.1, -0.05) is 22.0 Å². The smallest absolute Gasteiger partial charge is 0.325 e. The van der Waals surface area contributed by atoms with Crippen LogP contribution in [-0.4, -0.2) is 18.6 Å². The number of nitrogens with one attached hydrogen (secondary N) is 1. The number of hydrogen-bond acceptors (Lipinski definition) is 3. The fourth-order valence-electron chi connectivity index (χ4n) is 2.49. The standard InChI is InChI=1S/C14H18BrNO2/c1-14(2,13(17)18-3)16-12-7-4-9-8-10(15)5-6-11(9)12/h5-6,8,12,16H,4,7H2,1-3H3. The number of hydrogen-bond donors (Lipinski definition) is 1. The van der Waals surface area contributed by atoms with Crippen LogP contribution in [0.2, 0.25) is 0 Å². The number of carbonyl (C=O) groups is 1. The van der Waals surface area contributed by atoms with Gasteiger partial charge in [0, 0.05) is 10.5 Å². The van der Waals surface area contributed by atoms with E-state index in [-0.39, 0.29) is 12.0 Å². The van der Waals surface area contributed by atoms with Crippen molar-refractivity contribution in [1.29, 1.82) is 0 Å². The van der Waals surface area contributed by atoms with Gasteiger partial charge in [-0.2, -0.15) is 0 Å². The Bertz CT molecular complexity index is 471. The van der Waals surface area contributed by atoms with E-state index in [0.29, 0.717) is 0 Å². The quantitative estimate of drug-likeness (QED) is 0.872. The zero-order chi connectivity index (χ0) is 13.3. The van der Waals surface area contributed by atoms with Gasteiger partial charge in [0.2, 0.25) is 0 Å². The molecule has 1 aliphatic rings. The van der Waals surface area contributed by atoms with Crippen LogP contribution < -0.4 is 5.32 Å². The molecule has 0 radical (unpaired) electrons. The van der Waals surface area contributed by atoms with Gasteiger partial charge in [-0.15, -0.1) is 0 Å². The van der Waals surface area contributed by atoms with Crippen LogP contribution in [0.1, 0.15) is 37.4 Å². The minimum absolute atomic E-state index is 0.224. The van der Waals surface area contributed by atoms with Crippen molar-refractivity contribution in [3.05, 3.63) is 33.8 Å². The molecule has 2 rings (SSSR count). The summed E-state index contributed by atoms with van der Waals surface area (Å²) in [6, 6.07) is 6.55. The fraction of sp³-hybridized carbons (Fsp3) is 0.500. The van der Waals surface area contributed by atoms with Gasteiger partial charge in [-0.25, -0.2) is 0 Å². The molecule has 1 aliphatic carbocycles. The molecule has 0 aromatic heterocycles. The first kappa shape index (κ1) is 13.6. The van der Waals surface area contributed by atoms with E-state index in [1.54, 1.807) is 0 Å². The van der Waals surface area contributed by atoms with Crippen LogP contribution in [0.3, 0.4) is 0 Å². The first-order valence-corrected chi connectivity index (χ1v) is 6.88. The van der Waals surface area contributed by atoms with Crippen LogP contribution in [0.15, 0.2) is 22.7 Å². The molecule has 3 nitrogen and oxygen atoms in total. The largest absolute Gasteiger partial charge is 0.468 e. The summed E-state index contributed by atoms with van der Waals surface area (Å²) in [4.78, 5) is 11.7. The molecule has 1 aromatic carbocycles. The Morgan fingerprint density at radius 2 is 2.22 bits per heavy atom. The summed E-state index contributed by atoms with van der Waals surface area (Å²) in [5, 5.41) is 3.39. The Balaban J connectivity index is 2.17. The van der Waals surface area contributed by atoms with Crippen LogP contribution >= 0.6 is 15.9 Å². The monoisotopic (exact) mass is 311 g/mol. The lowest BCUT2D eigenvalue weighted by Crippen LogP contribution is -2.48. The second kappa shape index (κ2) is 5.02. The Labute approximate surface area is 116 Å². The van der Waals surface area contributed by atoms with Crippen molar-refractivity contribution in [2.24, 2.45) is 0 Å². The topological polar surface area (TPSA) is 38.3 Å². The molecule has 1 atom stereocenters. The molecule has 0 spiro atoms. The van der Waals surface area contributed by atoms with E-state index in [1.165, 1.54) is 18.2 Å². The van der Waals surface area contributed by atoms with Crippen molar-refractivity contribution < 1.29 is 9.53 Å². The third kappa shape index (κ3) is 2.59. The highest BCUT2D eigenvalue weighted by molar-refractivity contribution is 9.10. The molecular formula is C14H18BrNO2. The van der Waals surface area contributed by atoms with Crippen molar-refractivity contribution in [3.8, 4) is 0 Å². The van der Waals surface area contributed by atoms with Gasteiger partial charge in [0.15, 0.2) is 0 Å². The minimum Gasteiger partial charge on any atom is -0.468 e. The number of fused-ring (bicyclic) bond motifs is 1. The highest BCUT2D eigenvalue weighted by atomic mass is 79.9. The minimum atomic E-state index is -0.659. The van der Waals surface area contributed by atoms with Crippen LogP contribution in [0.5, 0.6) is 0 Å². The summed E-state index contributed by atoms with van der Waals surface area (Å²) in [5.41, 5.74) is 1.98. The number of aryl methyl sites for hydroxylation is 1. The van der Waals surface area contributed by atoms with Gasteiger partial charge < -0.3 is 4.74 Å². The summed E-state index contributed by atoms with van der Waals surface area (Å²) in [6.45, 7) is 3.71. The van der Waals surface area contributed by atoms with E-state index < -0.39 is 5.54 Å². The number of ether oxygens (including phenoxy) is 1. The van der Waals surface area contributed by atoms with E-state index >= 15 is 0 Å². The molecule has 1 unspecified atom stereocenters. The summed E-state index contributed by atoms with van der Waals surface area (Å²) in [6.07, 6.45) is 2.07. The van der Waals surface area contributed by atoms with Crippen LogP contribution in [0.4, 0.5) is 0 Å². The molecule has 18 heavy (non-hydrogen) atoms. The SMILES string of the molecule is COC(=O)C(C)(C)NC1CCc2cc(Br)ccc21. The zero-order valence-corrected chi connectivity index (χ0v) is 12.5. The number of rotatable bonds is 3. The fourth-order valence-corrected chi connectivity index (χ4v) is 2.89. The maximum Gasteiger partial charge on any atom is 0.325 e. The molecule has 1 N–H and O–H groups in total. The summed E-state index contributed by atoms with van der Waals surface area (Å²) in [5.74, 6) is -0.229. The molecular weight excluding hydrogens is 294 g/mol. The van der Waals surface area contributed by atoms with Crippen molar-refractivity contribution in [2.75, 3.05) is 7.11 Å². The lowest BCUT2D eigenvalue weighted by atomic mass is 10.0. The second-order valence-corrected chi connectivity index (χ2v) is 6.11. The van der Waals surface area contributed by atoms with E-state index in [2.05, 4.69) is 33.4 Å². The van der Waals surface area contributed by atoms with E-state index in [1.807, 2.05) is 19.9 Å². The van der Waals surface area contributed by atoms with Gasteiger partial charge in [-0.05, 0) is 49.9 Å². The van der Waals surface area contributed by atoms with Crippen LogP contribution in [0, 0.1) is 0 Å². The average molecular weight is 312 g/mol. The first-order valence-electron chi connectivity index (χ1n) is 6.08. The molecule has 0 bridgehead atoms. The van der Waals surface area contributed by atoms with E-state index in [9.17, 15) is 4.79 Å². The van der Waals surface area contributed by atoms with Gasteiger partial charge >= 0.3 is 5.97 Å². The first-order chi connectivity index (χ1) is 8.44. The highest BCUT2D eigenvalue weighted by Crippen LogP contribution is 2.34. The number of esters is 1. The Morgan fingerprint density at radius 1 is 1.50 bits per heavy atom. The molecule has 0 saturated heterocycles. The maximum absolute atomic E-state index is 11.7. The number of benzene rings is 1. The lowest BCUT2D eigenvalue weighted by molar-refractivity contribution is -0.147. The molecule has 4 heteroatoms. The summed E-state index contributed by atoms with van der Waals surface area (Å²) >= 11 is 3.49. The number of carbonyl (C=O) groups excluding carboxylic acids is 1. The Morgan fingerprint density at radius 3 is 2.89 bits per heavy atom. The molecule has 98 valence electrons. The molecule has 0 saturated carbocycles. The number of methoxy groups -OCH3 is 1. The van der Waals surface area contributed by atoms with E-state index in [0.717, 1.165) is 17.3 Å². The third-order valence-corrected chi connectivity index (χ3v) is 3.91. The van der Waals surface area contributed by atoms with Gasteiger partial charge in [0.25, 0.3) is 0 Å². The van der Waals surface area contributed by atoms with Crippen molar-refractivity contribution in [2.45, 2.75) is 38.3 Å². The molecule has 0 amide bonds. The molecule has 0 heterocycles. The predicted octanol–water partition coefficient (Wildman–Crippen LogP) is 2.98. The number of halogens is 1. The summed E-state index contributed by atoms with van der Waals surface area (Å²) in [7, 11) is 1.42. The Kier molecular flexibility index (Phi) is 3.78. The zero-order valence-electron chi connectivity index (χ0n) is 10.9. The normalized spacial score (nSPS) is 18.6. The predicted molar refractivity (Wildman–Crippen MR) is 74.4 cm³/mol. The third-order valence-electron chi connectivity index (χ3n) is 3.41. The molecule has 0 aliphatic heterocycles. The summed E-state index contributed by atoms with van der Waals surface area (Å²) < 4.78 is 5.93.